The highest BCUT2D eigenvalue weighted by Gasteiger charge is 1.88. The first-order chi connectivity index (χ1) is 3.31. The van der Waals surface area contributed by atoms with Crippen molar-refractivity contribution in [1.82, 2.24) is 0 Å². The van der Waals surface area contributed by atoms with Gasteiger partial charge in [-0.3, -0.25) is 0 Å². The maximum atomic E-state index is 4.66. The number of hydrogen-bond donors (Lipinski definition) is 0. The van der Waals surface area contributed by atoms with Crippen LogP contribution in [-0.4, -0.2) is 11.5 Å². The summed E-state index contributed by atoms with van der Waals surface area (Å²) in [6.45, 7) is 1.91. The minimum Gasteiger partial charge on any atom is -0.482 e. The molecule has 0 atom stereocenters. The summed E-state index contributed by atoms with van der Waals surface area (Å²) in [6.07, 6.45) is 0. The molecule has 0 aromatic rings. The molecular weight excluding hydrogens is 128 g/mol. The van der Waals surface area contributed by atoms with Gasteiger partial charge in [0, 0.05) is 5.75 Å². The first-order valence-electron chi connectivity index (χ1n) is 1.83. The molecule has 0 bridgehead atoms. The summed E-state index contributed by atoms with van der Waals surface area (Å²) in [5.74, 6) is 1.88. The van der Waals surface area contributed by atoms with E-state index < -0.39 is 0 Å². The third kappa shape index (κ3) is 4.09. The molecular formula is C4H7OS2. The topological polar surface area (TPSA) is 9.23 Å². The molecule has 0 aliphatic rings. The van der Waals surface area contributed by atoms with Crippen LogP contribution < -0.4 is 0 Å². The molecule has 0 aromatic carbocycles. The van der Waals surface area contributed by atoms with Gasteiger partial charge >= 0.3 is 0 Å². The van der Waals surface area contributed by atoms with Crippen LogP contribution in [0.1, 0.15) is 6.92 Å². The van der Waals surface area contributed by atoms with E-state index in [-0.39, 0.29) is 0 Å². The average molecular weight is 135 g/mol. The van der Waals surface area contributed by atoms with Crippen molar-refractivity contribution in [3.05, 3.63) is 5.75 Å². The van der Waals surface area contributed by atoms with Crippen LogP contribution in [0.2, 0.25) is 0 Å². The fraction of sp³-hybridized carbons (Fsp3) is 0.500. The smallest absolute Gasteiger partial charge is 0.219 e. The van der Waals surface area contributed by atoms with Crippen molar-refractivity contribution in [3.63, 3.8) is 0 Å². The molecule has 0 spiro atoms. The molecule has 0 heterocycles. The van der Waals surface area contributed by atoms with E-state index in [9.17, 15) is 0 Å². The summed E-state index contributed by atoms with van der Waals surface area (Å²) in [7, 11) is 1.57. The Bertz CT molecular complexity index is 62.7. The van der Waals surface area contributed by atoms with Crippen molar-refractivity contribution in [2.75, 3.05) is 7.11 Å². The van der Waals surface area contributed by atoms with E-state index in [1.165, 1.54) is 11.8 Å². The third-order valence-corrected chi connectivity index (χ3v) is 1.43. The first-order valence-corrected chi connectivity index (χ1v) is 3.12. The maximum Gasteiger partial charge on any atom is 0.219 e. The Morgan fingerprint density at radius 2 is 2.43 bits per heavy atom. The second-order valence-corrected chi connectivity index (χ2v) is 2.51. The van der Waals surface area contributed by atoms with E-state index in [1.54, 1.807) is 7.11 Å². The van der Waals surface area contributed by atoms with Gasteiger partial charge in [0.15, 0.2) is 0 Å². The van der Waals surface area contributed by atoms with Gasteiger partial charge in [0.2, 0.25) is 4.38 Å². The summed E-state index contributed by atoms with van der Waals surface area (Å²) < 4.78 is 5.23. The van der Waals surface area contributed by atoms with Crippen LogP contribution in [-0.2, 0) is 4.74 Å². The van der Waals surface area contributed by atoms with E-state index in [0.717, 1.165) is 0 Å². The fourth-order valence-corrected chi connectivity index (χ4v) is 0.722. The SMILES string of the molecule is C[CH]SC(=S)OC. The number of methoxy groups -OCH3 is 1. The maximum absolute atomic E-state index is 4.66. The van der Waals surface area contributed by atoms with Gasteiger partial charge in [0.05, 0.1) is 7.11 Å². The van der Waals surface area contributed by atoms with Crippen LogP contribution in [0.5, 0.6) is 0 Å². The van der Waals surface area contributed by atoms with Crippen LogP contribution in [0.15, 0.2) is 0 Å². The summed E-state index contributed by atoms with van der Waals surface area (Å²) in [5.41, 5.74) is 0. The van der Waals surface area contributed by atoms with Gasteiger partial charge < -0.3 is 4.74 Å². The largest absolute Gasteiger partial charge is 0.482 e. The van der Waals surface area contributed by atoms with Crippen LogP contribution in [0.4, 0.5) is 0 Å². The number of ether oxygens (including phenoxy) is 1. The average Bonchev–Trinajstić information content (AvgIpc) is 1.68. The Morgan fingerprint density at radius 1 is 1.86 bits per heavy atom. The molecule has 1 radical (unpaired) electrons. The molecule has 0 aliphatic carbocycles. The highest BCUT2D eigenvalue weighted by molar-refractivity contribution is 8.23. The monoisotopic (exact) mass is 135 g/mol. The second-order valence-electron chi connectivity index (χ2n) is 0.808. The van der Waals surface area contributed by atoms with Gasteiger partial charge in [0.25, 0.3) is 0 Å². The number of hydrogen-bond acceptors (Lipinski definition) is 3. The lowest BCUT2D eigenvalue weighted by molar-refractivity contribution is 0.426. The summed E-state index contributed by atoms with van der Waals surface area (Å²) in [6, 6.07) is 0. The molecule has 7 heavy (non-hydrogen) atoms. The van der Waals surface area contributed by atoms with E-state index >= 15 is 0 Å². The standard InChI is InChI=1S/C4H7OS2/c1-3-7-4(6)5-2/h3H,1-2H3. The Morgan fingerprint density at radius 3 is 2.57 bits per heavy atom. The Labute approximate surface area is 53.4 Å². The highest BCUT2D eigenvalue weighted by Crippen LogP contribution is 2.06. The van der Waals surface area contributed by atoms with Crippen LogP contribution >= 0.6 is 24.0 Å². The predicted octanol–water partition coefficient (Wildman–Crippen LogP) is 1.83. The van der Waals surface area contributed by atoms with Gasteiger partial charge in [-0.2, -0.15) is 0 Å². The Balaban J connectivity index is 3.00. The Kier molecular flexibility index (Phi) is 4.55. The Hall–Kier alpha value is 0.240. The molecule has 0 amide bonds. The van der Waals surface area contributed by atoms with Crippen molar-refractivity contribution in [2.24, 2.45) is 0 Å². The minimum absolute atomic E-state index is 0.572. The van der Waals surface area contributed by atoms with Crippen LogP contribution in [0, 0.1) is 5.75 Å². The van der Waals surface area contributed by atoms with Gasteiger partial charge in [-0.25, -0.2) is 0 Å². The zero-order valence-electron chi connectivity index (χ0n) is 4.30. The molecule has 0 saturated carbocycles. The lowest BCUT2D eigenvalue weighted by Gasteiger charge is -1.94. The molecule has 0 fully saturated rings. The lowest BCUT2D eigenvalue weighted by Crippen LogP contribution is -1.86. The zero-order chi connectivity index (χ0) is 5.70. The van der Waals surface area contributed by atoms with Crippen molar-refractivity contribution in [1.29, 1.82) is 0 Å². The molecule has 0 saturated heterocycles. The van der Waals surface area contributed by atoms with Crippen molar-refractivity contribution in [3.8, 4) is 0 Å². The summed E-state index contributed by atoms with van der Waals surface area (Å²) in [4.78, 5) is 0. The summed E-state index contributed by atoms with van der Waals surface area (Å²) >= 11 is 6.08. The van der Waals surface area contributed by atoms with Crippen molar-refractivity contribution < 1.29 is 4.74 Å². The molecule has 1 nitrogen and oxygen atoms in total. The number of thioether (sulfide) groups is 1. The number of rotatable bonds is 1. The first kappa shape index (κ1) is 7.24. The molecule has 0 unspecified atom stereocenters. The van der Waals surface area contributed by atoms with Gasteiger partial charge in [0.1, 0.15) is 0 Å². The molecule has 0 aromatic heterocycles. The minimum atomic E-state index is 0.572. The molecule has 0 N–H and O–H groups in total. The van der Waals surface area contributed by atoms with Crippen LogP contribution in [0.25, 0.3) is 0 Å². The van der Waals surface area contributed by atoms with E-state index in [4.69, 9.17) is 0 Å². The molecule has 0 rings (SSSR count). The van der Waals surface area contributed by atoms with E-state index in [1.807, 2.05) is 12.7 Å². The van der Waals surface area contributed by atoms with Gasteiger partial charge in [-0.05, 0) is 12.2 Å². The third-order valence-electron chi connectivity index (χ3n) is 0.381. The van der Waals surface area contributed by atoms with Gasteiger partial charge in [-0.1, -0.05) is 18.7 Å². The summed E-state index contributed by atoms with van der Waals surface area (Å²) in [5, 5.41) is 0. The number of thiocarbonyl (C=S) groups is 1. The molecule has 41 valence electrons. The van der Waals surface area contributed by atoms with E-state index in [0.29, 0.717) is 4.38 Å². The van der Waals surface area contributed by atoms with Crippen molar-refractivity contribution in [2.45, 2.75) is 6.92 Å². The lowest BCUT2D eigenvalue weighted by atomic mass is 11.0. The second kappa shape index (κ2) is 4.40. The van der Waals surface area contributed by atoms with Crippen molar-refractivity contribution >= 4 is 28.4 Å². The zero-order valence-corrected chi connectivity index (χ0v) is 5.94. The van der Waals surface area contributed by atoms with Crippen LogP contribution in [0.3, 0.4) is 0 Å². The predicted molar refractivity (Wildman–Crippen MR) is 37.2 cm³/mol. The molecule has 0 aliphatic heterocycles. The normalized spacial score (nSPS) is 8.29. The highest BCUT2D eigenvalue weighted by atomic mass is 32.2. The van der Waals surface area contributed by atoms with Gasteiger partial charge in [-0.15, -0.1) is 0 Å². The van der Waals surface area contributed by atoms with E-state index in [2.05, 4.69) is 17.0 Å². The molecule has 3 heteroatoms. The fourth-order valence-electron chi connectivity index (χ4n) is 0.144. The quantitative estimate of drug-likeness (QED) is 0.508.